The molecule has 8 heteroatoms. The monoisotopic (exact) mass is 360 g/mol. The molecule has 128 valence electrons. The third kappa shape index (κ3) is 3.18. The number of benzene rings is 2. The number of nitrogens with zero attached hydrogens (tertiary/aromatic N) is 4. The Morgan fingerprint density at radius 3 is 2.52 bits per heavy atom. The van der Waals surface area contributed by atoms with Crippen molar-refractivity contribution in [1.29, 1.82) is 0 Å². The summed E-state index contributed by atoms with van der Waals surface area (Å²) in [5.74, 6) is 0.0813. The van der Waals surface area contributed by atoms with Gasteiger partial charge in [0.2, 0.25) is 0 Å². The van der Waals surface area contributed by atoms with Gasteiger partial charge in [0.05, 0.1) is 21.3 Å². The lowest BCUT2D eigenvalue weighted by Gasteiger charge is -2.25. The Balaban J connectivity index is 2.31. The molecule has 3 aromatic rings. The van der Waals surface area contributed by atoms with Crippen LogP contribution in [-0.2, 0) is 7.05 Å². The molecule has 0 saturated heterocycles. The van der Waals surface area contributed by atoms with Crippen molar-refractivity contribution in [2.24, 2.45) is 7.05 Å². The Labute approximate surface area is 148 Å². The van der Waals surface area contributed by atoms with E-state index >= 15 is 0 Å². The molecule has 6 nitrogen and oxygen atoms in total. The van der Waals surface area contributed by atoms with E-state index < -0.39 is 10.7 Å². The van der Waals surface area contributed by atoms with Gasteiger partial charge in [0.15, 0.2) is 0 Å². The molecule has 0 aliphatic heterocycles. The smallest absolute Gasteiger partial charge is 0.287 e. The van der Waals surface area contributed by atoms with Gasteiger partial charge in [0.25, 0.3) is 5.69 Å². The lowest BCUT2D eigenvalue weighted by Crippen LogP contribution is -2.15. The summed E-state index contributed by atoms with van der Waals surface area (Å²) in [5, 5.41) is 15.9. The van der Waals surface area contributed by atoms with E-state index in [-0.39, 0.29) is 10.7 Å². The third-order valence-corrected chi connectivity index (χ3v) is 3.98. The summed E-state index contributed by atoms with van der Waals surface area (Å²) in [5.41, 5.74) is 1.37. The molecule has 3 rings (SSSR count). The van der Waals surface area contributed by atoms with Crippen LogP contribution in [0, 0.1) is 22.9 Å². The summed E-state index contributed by atoms with van der Waals surface area (Å²) < 4.78 is 15.1. The van der Waals surface area contributed by atoms with Crippen LogP contribution in [0.25, 0.3) is 0 Å². The Morgan fingerprint density at radius 1 is 1.20 bits per heavy atom. The van der Waals surface area contributed by atoms with E-state index in [4.69, 9.17) is 11.6 Å². The summed E-state index contributed by atoms with van der Waals surface area (Å²) in [7, 11) is 1.72. The average Bonchev–Trinajstić information content (AvgIpc) is 2.88. The number of nitro groups is 1. The van der Waals surface area contributed by atoms with Gasteiger partial charge in [-0.15, -0.1) is 0 Å². The predicted molar refractivity (Wildman–Crippen MR) is 94.3 cm³/mol. The van der Waals surface area contributed by atoms with Gasteiger partial charge in [-0.1, -0.05) is 23.7 Å². The van der Waals surface area contributed by atoms with Crippen molar-refractivity contribution >= 4 is 34.5 Å². The van der Waals surface area contributed by atoms with Crippen molar-refractivity contribution in [1.82, 2.24) is 9.78 Å². The fourth-order valence-corrected chi connectivity index (χ4v) is 2.90. The first kappa shape index (κ1) is 16.9. The maximum Gasteiger partial charge on any atom is 0.293 e. The van der Waals surface area contributed by atoms with Gasteiger partial charge >= 0.3 is 0 Å². The highest BCUT2D eigenvalue weighted by Crippen LogP contribution is 2.42. The van der Waals surface area contributed by atoms with Crippen LogP contribution in [0.2, 0.25) is 5.02 Å². The molecule has 0 bridgehead atoms. The lowest BCUT2D eigenvalue weighted by atomic mass is 10.2. The molecule has 0 saturated carbocycles. The SMILES string of the molecule is Cc1cc(N(c2ccc(F)cc2Cl)c2ccccc2[N+](=O)[O-])n(C)n1. The van der Waals surface area contributed by atoms with Crippen molar-refractivity contribution in [3.8, 4) is 0 Å². The largest absolute Gasteiger partial charge is 0.293 e. The Bertz CT molecular complexity index is 958. The van der Waals surface area contributed by atoms with Gasteiger partial charge in [-0.05, 0) is 31.2 Å². The minimum Gasteiger partial charge on any atom is -0.287 e. The quantitative estimate of drug-likeness (QED) is 0.490. The van der Waals surface area contributed by atoms with Crippen LogP contribution in [0.3, 0.4) is 0 Å². The van der Waals surface area contributed by atoms with Crippen molar-refractivity contribution in [2.75, 3.05) is 4.90 Å². The van der Waals surface area contributed by atoms with Gasteiger partial charge in [0.1, 0.15) is 17.3 Å². The summed E-state index contributed by atoms with van der Waals surface area (Å²) in [6.45, 7) is 1.81. The molecule has 0 spiro atoms. The molecule has 0 aliphatic carbocycles. The highest BCUT2D eigenvalue weighted by Gasteiger charge is 2.25. The van der Waals surface area contributed by atoms with Crippen molar-refractivity contribution in [3.05, 3.63) is 75.2 Å². The number of aromatic nitrogens is 2. The van der Waals surface area contributed by atoms with Crippen molar-refractivity contribution in [2.45, 2.75) is 6.92 Å². The van der Waals surface area contributed by atoms with E-state index in [9.17, 15) is 14.5 Å². The van der Waals surface area contributed by atoms with Crippen LogP contribution in [0.5, 0.6) is 0 Å². The first-order valence-electron chi connectivity index (χ1n) is 7.37. The number of anilines is 3. The molecule has 0 aliphatic rings. The minimum absolute atomic E-state index is 0.0956. The molecule has 0 N–H and O–H groups in total. The zero-order chi connectivity index (χ0) is 18.1. The zero-order valence-corrected chi connectivity index (χ0v) is 14.2. The van der Waals surface area contributed by atoms with Crippen LogP contribution in [-0.4, -0.2) is 14.7 Å². The number of aryl methyl sites for hydroxylation is 2. The number of hydrogen-bond donors (Lipinski definition) is 0. The fourth-order valence-electron chi connectivity index (χ4n) is 2.65. The van der Waals surface area contributed by atoms with Crippen LogP contribution in [0.1, 0.15) is 5.69 Å². The van der Waals surface area contributed by atoms with E-state index in [1.807, 2.05) is 6.92 Å². The Hall–Kier alpha value is -2.93. The van der Waals surface area contributed by atoms with Crippen LogP contribution >= 0.6 is 11.6 Å². The third-order valence-electron chi connectivity index (χ3n) is 3.68. The number of nitro benzene ring substituents is 1. The van der Waals surface area contributed by atoms with Gasteiger partial charge < -0.3 is 0 Å². The van der Waals surface area contributed by atoms with Gasteiger partial charge in [-0.25, -0.2) is 4.39 Å². The maximum absolute atomic E-state index is 13.5. The number of rotatable bonds is 4. The van der Waals surface area contributed by atoms with Crippen LogP contribution < -0.4 is 4.90 Å². The normalized spacial score (nSPS) is 10.7. The summed E-state index contributed by atoms with van der Waals surface area (Å²) in [6.07, 6.45) is 0. The summed E-state index contributed by atoms with van der Waals surface area (Å²) >= 11 is 6.23. The molecule has 25 heavy (non-hydrogen) atoms. The standard InChI is InChI=1S/C17H14ClFN4O2/c1-11-9-17(21(2)20-11)22(14-8-7-12(19)10-13(14)18)15-5-3-4-6-16(15)23(24)25/h3-10H,1-2H3. The first-order valence-corrected chi connectivity index (χ1v) is 7.75. The van der Waals surface area contributed by atoms with Gasteiger partial charge in [-0.3, -0.25) is 19.7 Å². The lowest BCUT2D eigenvalue weighted by molar-refractivity contribution is -0.384. The zero-order valence-electron chi connectivity index (χ0n) is 13.5. The second kappa shape index (κ2) is 6.52. The molecule has 1 aromatic heterocycles. The number of hydrogen-bond acceptors (Lipinski definition) is 4. The number of para-hydroxylation sites is 2. The van der Waals surface area contributed by atoms with Crippen molar-refractivity contribution in [3.63, 3.8) is 0 Å². The van der Waals surface area contributed by atoms with E-state index in [2.05, 4.69) is 5.10 Å². The Morgan fingerprint density at radius 2 is 1.92 bits per heavy atom. The molecule has 1 heterocycles. The molecular weight excluding hydrogens is 347 g/mol. The topological polar surface area (TPSA) is 64.2 Å². The van der Waals surface area contributed by atoms with E-state index in [0.717, 1.165) is 5.69 Å². The predicted octanol–water partition coefficient (Wildman–Crippen LogP) is 4.90. The minimum atomic E-state index is -0.488. The fraction of sp³-hybridized carbons (Fsp3) is 0.118. The first-order chi connectivity index (χ1) is 11.9. The molecular formula is C17H14ClFN4O2. The van der Waals surface area contributed by atoms with Gasteiger partial charge in [0, 0.05) is 19.2 Å². The molecule has 0 atom stereocenters. The van der Waals surface area contributed by atoms with Crippen LogP contribution in [0.15, 0.2) is 48.5 Å². The molecule has 2 aromatic carbocycles. The van der Waals surface area contributed by atoms with Crippen LogP contribution in [0.4, 0.5) is 27.3 Å². The molecule has 0 amide bonds. The van der Waals surface area contributed by atoms with E-state index in [1.165, 1.54) is 24.3 Å². The average molecular weight is 361 g/mol. The van der Waals surface area contributed by atoms with Gasteiger partial charge in [-0.2, -0.15) is 5.10 Å². The molecule has 0 fully saturated rings. The summed E-state index contributed by atoms with van der Waals surface area (Å²) in [4.78, 5) is 12.6. The molecule has 0 radical (unpaired) electrons. The Kier molecular flexibility index (Phi) is 4.41. The maximum atomic E-state index is 13.5. The second-order valence-corrected chi connectivity index (χ2v) is 5.85. The molecule has 0 unspecified atom stereocenters. The summed E-state index contributed by atoms with van der Waals surface area (Å²) in [6, 6.07) is 12.0. The van der Waals surface area contributed by atoms with Crippen molar-refractivity contribution < 1.29 is 9.31 Å². The highest BCUT2D eigenvalue weighted by molar-refractivity contribution is 6.33. The van der Waals surface area contributed by atoms with E-state index in [1.54, 1.807) is 40.9 Å². The second-order valence-electron chi connectivity index (χ2n) is 5.44. The van der Waals surface area contributed by atoms with E-state index in [0.29, 0.717) is 17.2 Å². The number of halogens is 2. The highest BCUT2D eigenvalue weighted by atomic mass is 35.5.